The summed E-state index contributed by atoms with van der Waals surface area (Å²) in [6.07, 6.45) is 2.28. The number of carbonyl (C=O) groups is 1. The molecule has 2 aromatic rings. The first kappa shape index (κ1) is 17.3. The molecule has 5 nitrogen and oxygen atoms in total. The van der Waals surface area contributed by atoms with Gasteiger partial charge in [0.1, 0.15) is 16.5 Å². The van der Waals surface area contributed by atoms with Crippen molar-refractivity contribution in [2.45, 2.75) is 24.2 Å². The Hall–Kier alpha value is -2.48. The van der Waals surface area contributed by atoms with Gasteiger partial charge in [-0.25, -0.2) is 17.2 Å². The third-order valence-corrected chi connectivity index (χ3v) is 5.33. The summed E-state index contributed by atoms with van der Waals surface area (Å²) in [4.78, 5) is 12.8. The number of nitrogens with one attached hydrogen (secondary N) is 1. The number of hydrogen-bond acceptors (Lipinski definition) is 3. The second-order valence-corrected chi connectivity index (χ2v) is 7.38. The van der Waals surface area contributed by atoms with E-state index in [9.17, 15) is 22.0 Å². The highest BCUT2D eigenvalue weighted by atomic mass is 32.2. The summed E-state index contributed by atoms with van der Waals surface area (Å²) in [6, 6.07) is 8.41. The number of carbonyl (C=O) groups excluding carboxylic acids is 1. The van der Waals surface area contributed by atoms with Gasteiger partial charge in [-0.3, -0.25) is 9.52 Å². The fourth-order valence-electron chi connectivity index (χ4n) is 2.68. The van der Waals surface area contributed by atoms with E-state index in [0.29, 0.717) is 24.7 Å². The van der Waals surface area contributed by atoms with Crippen LogP contribution in [0.2, 0.25) is 0 Å². The van der Waals surface area contributed by atoms with Crippen molar-refractivity contribution in [3.63, 3.8) is 0 Å². The number of amides is 1. The average molecular weight is 366 g/mol. The fourth-order valence-corrected chi connectivity index (χ4v) is 3.83. The minimum Gasteiger partial charge on any atom is -0.312 e. The zero-order chi connectivity index (χ0) is 18.0. The van der Waals surface area contributed by atoms with Gasteiger partial charge in [0, 0.05) is 24.3 Å². The van der Waals surface area contributed by atoms with Gasteiger partial charge in [0.2, 0.25) is 5.91 Å². The highest BCUT2D eigenvalue weighted by Gasteiger charge is 2.22. The molecular formula is C17H16F2N2O3S. The summed E-state index contributed by atoms with van der Waals surface area (Å²) in [5.41, 5.74) is 0.862. The Morgan fingerprint density at radius 1 is 1.00 bits per heavy atom. The summed E-state index contributed by atoms with van der Waals surface area (Å²) >= 11 is 0. The Morgan fingerprint density at radius 2 is 1.72 bits per heavy atom. The molecule has 0 radical (unpaired) electrons. The number of hydrogen-bond donors (Lipinski definition) is 1. The van der Waals surface area contributed by atoms with Crippen molar-refractivity contribution in [3.05, 3.63) is 54.1 Å². The van der Waals surface area contributed by atoms with Crippen molar-refractivity contribution in [1.29, 1.82) is 0 Å². The lowest BCUT2D eigenvalue weighted by Gasteiger charge is -2.26. The molecule has 1 aliphatic heterocycles. The first-order valence-electron chi connectivity index (χ1n) is 7.75. The van der Waals surface area contributed by atoms with E-state index in [1.807, 2.05) is 0 Å². The third-order valence-electron chi connectivity index (χ3n) is 3.94. The fraction of sp³-hybridized carbons (Fsp3) is 0.235. The van der Waals surface area contributed by atoms with Crippen LogP contribution in [0, 0.1) is 11.6 Å². The quantitative estimate of drug-likeness (QED) is 0.903. The molecular weight excluding hydrogens is 350 g/mol. The minimum atomic E-state index is -4.26. The van der Waals surface area contributed by atoms with E-state index in [1.54, 1.807) is 17.0 Å². The Morgan fingerprint density at radius 3 is 2.40 bits per heavy atom. The van der Waals surface area contributed by atoms with Crippen LogP contribution in [-0.4, -0.2) is 20.9 Å². The van der Waals surface area contributed by atoms with Crippen LogP contribution in [0.1, 0.15) is 19.3 Å². The van der Waals surface area contributed by atoms with Gasteiger partial charge in [-0.15, -0.1) is 0 Å². The molecule has 1 fully saturated rings. The molecule has 1 N–H and O–H groups in total. The van der Waals surface area contributed by atoms with E-state index in [0.717, 1.165) is 25.0 Å². The van der Waals surface area contributed by atoms with Gasteiger partial charge < -0.3 is 4.90 Å². The molecule has 132 valence electrons. The van der Waals surface area contributed by atoms with E-state index in [1.165, 1.54) is 12.1 Å². The van der Waals surface area contributed by atoms with Crippen LogP contribution in [0.25, 0.3) is 0 Å². The van der Waals surface area contributed by atoms with Crippen molar-refractivity contribution < 1.29 is 22.0 Å². The predicted octanol–water partition coefficient (Wildman–Crippen LogP) is 3.28. The van der Waals surface area contributed by atoms with E-state index in [4.69, 9.17) is 0 Å². The molecule has 1 amide bonds. The van der Waals surface area contributed by atoms with E-state index >= 15 is 0 Å². The van der Waals surface area contributed by atoms with Crippen LogP contribution in [-0.2, 0) is 14.8 Å². The van der Waals surface area contributed by atoms with Gasteiger partial charge >= 0.3 is 0 Å². The lowest BCUT2D eigenvalue weighted by atomic mass is 10.1. The van der Waals surface area contributed by atoms with Crippen molar-refractivity contribution in [1.82, 2.24) is 0 Å². The van der Waals surface area contributed by atoms with Gasteiger partial charge in [-0.1, -0.05) is 0 Å². The van der Waals surface area contributed by atoms with Gasteiger partial charge in [-0.05, 0) is 55.3 Å². The number of benzene rings is 2. The summed E-state index contributed by atoms with van der Waals surface area (Å²) in [5, 5.41) is 0. The molecule has 25 heavy (non-hydrogen) atoms. The first-order chi connectivity index (χ1) is 11.9. The molecule has 2 aromatic carbocycles. The van der Waals surface area contributed by atoms with Crippen LogP contribution in [0.4, 0.5) is 20.2 Å². The normalized spacial score (nSPS) is 15.3. The summed E-state index contributed by atoms with van der Waals surface area (Å²) in [7, 11) is -4.26. The highest BCUT2D eigenvalue weighted by Crippen LogP contribution is 2.25. The Balaban J connectivity index is 1.81. The van der Waals surface area contributed by atoms with E-state index in [2.05, 4.69) is 4.72 Å². The number of anilines is 2. The summed E-state index contributed by atoms with van der Waals surface area (Å²) in [5.74, 6) is -1.86. The van der Waals surface area contributed by atoms with Crippen LogP contribution in [0.3, 0.4) is 0 Å². The average Bonchev–Trinajstić information content (AvgIpc) is 2.58. The molecule has 0 spiro atoms. The standard InChI is InChI=1S/C17H16F2N2O3S/c18-12-4-9-15(19)16(11-12)25(23,24)20-13-5-7-14(8-6-13)21-10-2-1-3-17(21)22/h4-9,11,20H,1-3,10H2. The van der Waals surface area contributed by atoms with Crippen LogP contribution in [0.15, 0.2) is 47.4 Å². The molecule has 0 atom stereocenters. The van der Waals surface area contributed by atoms with Crippen LogP contribution >= 0.6 is 0 Å². The maximum atomic E-state index is 13.7. The molecule has 3 rings (SSSR count). The van der Waals surface area contributed by atoms with Crippen molar-refractivity contribution in [3.8, 4) is 0 Å². The van der Waals surface area contributed by atoms with Gasteiger partial charge in [0.15, 0.2) is 0 Å². The summed E-state index contributed by atoms with van der Waals surface area (Å²) < 4.78 is 53.6. The number of halogens is 2. The maximum absolute atomic E-state index is 13.7. The topological polar surface area (TPSA) is 66.5 Å². The van der Waals surface area contributed by atoms with Crippen molar-refractivity contribution in [2.24, 2.45) is 0 Å². The van der Waals surface area contributed by atoms with E-state index in [-0.39, 0.29) is 11.6 Å². The van der Waals surface area contributed by atoms with Gasteiger partial charge in [0.25, 0.3) is 10.0 Å². The Labute approximate surface area is 144 Å². The molecule has 0 bridgehead atoms. The molecule has 0 aromatic heterocycles. The Bertz CT molecular complexity index is 899. The number of piperidine rings is 1. The van der Waals surface area contributed by atoms with Crippen LogP contribution < -0.4 is 9.62 Å². The van der Waals surface area contributed by atoms with Crippen molar-refractivity contribution >= 4 is 27.3 Å². The van der Waals surface area contributed by atoms with Crippen LogP contribution in [0.5, 0.6) is 0 Å². The SMILES string of the molecule is O=C1CCCCN1c1ccc(NS(=O)(=O)c2cc(F)ccc2F)cc1. The molecule has 0 unspecified atom stereocenters. The summed E-state index contributed by atoms with van der Waals surface area (Å²) in [6.45, 7) is 0.623. The molecule has 1 aliphatic rings. The number of rotatable bonds is 4. The second kappa shape index (κ2) is 6.79. The number of nitrogens with zero attached hydrogens (tertiary/aromatic N) is 1. The lowest BCUT2D eigenvalue weighted by Crippen LogP contribution is -2.35. The first-order valence-corrected chi connectivity index (χ1v) is 9.23. The third kappa shape index (κ3) is 3.79. The molecule has 1 heterocycles. The molecule has 8 heteroatoms. The smallest absolute Gasteiger partial charge is 0.264 e. The zero-order valence-corrected chi connectivity index (χ0v) is 14.0. The van der Waals surface area contributed by atoms with Gasteiger partial charge in [0.05, 0.1) is 0 Å². The Kier molecular flexibility index (Phi) is 4.71. The van der Waals surface area contributed by atoms with Gasteiger partial charge in [-0.2, -0.15) is 0 Å². The highest BCUT2D eigenvalue weighted by molar-refractivity contribution is 7.92. The lowest BCUT2D eigenvalue weighted by molar-refractivity contribution is -0.119. The van der Waals surface area contributed by atoms with E-state index < -0.39 is 26.6 Å². The maximum Gasteiger partial charge on any atom is 0.264 e. The molecule has 1 saturated heterocycles. The van der Waals surface area contributed by atoms with Crippen molar-refractivity contribution in [2.75, 3.05) is 16.2 Å². The number of sulfonamides is 1. The largest absolute Gasteiger partial charge is 0.312 e. The molecule has 0 saturated carbocycles. The molecule has 0 aliphatic carbocycles. The predicted molar refractivity (Wildman–Crippen MR) is 89.8 cm³/mol. The minimum absolute atomic E-state index is 0.0291. The second-order valence-electron chi connectivity index (χ2n) is 5.73. The zero-order valence-electron chi connectivity index (χ0n) is 13.2. The monoisotopic (exact) mass is 366 g/mol.